The van der Waals surface area contributed by atoms with Crippen molar-refractivity contribution in [3.05, 3.63) is 43.1 Å². The van der Waals surface area contributed by atoms with E-state index in [-0.39, 0.29) is 0 Å². The summed E-state index contributed by atoms with van der Waals surface area (Å²) in [5, 5.41) is 13.2. The van der Waals surface area contributed by atoms with Crippen LogP contribution in [0.3, 0.4) is 0 Å². The molecule has 0 aliphatic carbocycles. The van der Waals surface area contributed by atoms with Crippen LogP contribution < -0.4 is 5.32 Å². The molecule has 3 heterocycles. The van der Waals surface area contributed by atoms with E-state index in [0.29, 0.717) is 0 Å². The van der Waals surface area contributed by atoms with Crippen LogP contribution in [0, 0.1) is 0 Å². The van der Waals surface area contributed by atoms with Gasteiger partial charge in [0.25, 0.3) is 0 Å². The molecule has 7 heteroatoms. The largest absolute Gasteiger partial charge is 0.360 e. The van der Waals surface area contributed by atoms with Gasteiger partial charge in [-0.1, -0.05) is 17.4 Å². The molecule has 0 radical (unpaired) electrons. The zero-order chi connectivity index (χ0) is 13.6. The average molecular weight is 286 g/mol. The number of nitrogens with zero attached hydrogens (tertiary/aromatic N) is 5. The number of aromatic nitrogens is 5. The number of rotatable bonds is 6. The van der Waals surface area contributed by atoms with E-state index in [2.05, 4.69) is 30.0 Å². The van der Waals surface area contributed by atoms with E-state index in [4.69, 9.17) is 0 Å². The minimum atomic E-state index is 0.830. The monoisotopic (exact) mass is 286 g/mol. The molecular formula is C13H14N6S. The first-order valence-electron chi connectivity index (χ1n) is 6.36. The van der Waals surface area contributed by atoms with E-state index in [1.165, 1.54) is 11.3 Å². The molecule has 0 unspecified atom stereocenters. The Labute approximate surface area is 120 Å². The lowest BCUT2D eigenvalue weighted by Gasteiger charge is -2.02. The van der Waals surface area contributed by atoms with Crippen LogP contribution in [0.25, 0.3) is 10.7 Å². The van der Waals surface area contributed by atoms with Gasteiger partial charge in [-0.05, 0) is 18.6 Å². The van der Waals surface area contributed by atoms with Gasteiger partial charge in [0.05, 0.1) is 6.33 Å². The first-order chi connectivity index (χ1) is 9.92. The summed E-state index contributed by atoms with van der Waals surface area (Å²) in [6.45, 7) is 1.80. The summed E-state index contributed by atoms with van der Waals surface area (Å²) in [4.78, 5) is 8.27. The smallest absolute Gasteiger partial charge is 0.206 e. The fraction of sp³-hybridized carbons (Fsp3) is 0.231. The van der Waals surface area contributed by atoms with Crippen molar-refractivity contribution in [2.75, 3.05) is 11.9 Å². The summed E-state index contributed by atoms with van der Waals surface area (Å²) in [5.41, 5.74) is 0.858. The first-order valence-corrected chi connectivity index (χ1v) is 7.18. The zero-order valence-electron chi connectivity index (χ0n) is 10.8. The molecule has 3 aromatic rings. The Morgan fingerprint density at radius 1 is 1.20 bits per heavy atom. The van der Waals surface area contributed by atoms with Crippen molar-refractivity contribution in [2.24, 2.45) is 0 Å². The quantitative estimate of drug-likeness (QED) is 0.704. The highest BCUT2D eigenvalue weighted by molar-refractivity contribution is 7.18. The van der Waals surface area contributed by atoms with Gasteiger partial charge in [0.15, 0.2) is 5.01 Å². The Bertz CT molecular complexity index is 634. The molecule has 0 aliphatic heterocycles. The SMILES string of the molecule is c1ccc(-c2nnc(NCCCn3ccnc3)s2)nc1. The zero-order valence-corrected chi connectivity index (χ0v) is 11.6. The summed E-state index contributed by atoms with van der Waals surface area (Å²) in [5.74, 6) is 0. The van der Waals surface area contributed by atoms with Gasteiger partial charge < -0.3 is 9.88 Å². The minimum Gasteiger partial charge on any atom is -0.360 e. The Hall–Kier alpha value is -2.28. The molecule has 0 aromatic carbocycles. The molecule has 6 nitrogen and oxygen atoms in total. The molecule has 3 aromatic heterocycles. The van der Waals surface area contributed by atoms with Crippen LogP contribution in [0.1, 0.15) is 6.42 Å². The maximum absolute atomic E-state index is 4.26. The number of anilines is 1. The highest BCUT2D eigenvalue weighted by atomic mass is 32.1. The van der Waals surface area contributed by atoms with Crippen molar-refractivity contribution in [3.8, 4) is 10.7 Å². The highest BCUT2D eigenvalue weighted by Crippen LogP contribution is 2.24. The average Bonchev–Trinajstić information content (AvgIpc) is 3.16. The number of imidazole rings is 1. The lowest BCUT2D eigenvalue weighted by Crippen LogP contribution is -2.05. The lowest BCUT2D eigenvalue weighted by atomic mass is 10.4. The molecule has 0 fully saturated rings. The number of hydrogen-bond donors (Lipinski definition) is 1. The predicted octanol–water partition coefficient (Wildman–Crippen LogP) is 2.30. The Morgan fingerprint density at radius 3 is 3.00 bits per heavy atom. The molecule has 0 bridgehead atoms. The summed E-state index contributed by atoms with van der Waals surface area (Å²) in [6.07, 6.45) is 8.34. The van der Waals surface area contributed by atoms with Crippen molar-refractivity contribution >= 4 is 16.5 Å². The normalized spacial score (nSPS) is 10.6. The fourth-order valence-corrected chi connectivity index (χ4v) is 2.51. The van der Waals surface area contributed by atoms with Gasteiger partial charge in [0, 0.05) is 31.7 Å². The summed E-state index contributed by atoms with van der Waals surface area (Å²) < 4.78 is 2.06. The van der Waals surface area contributed by atoms with Crippen molar-refractivity contribution in [1.29, 1.82) is 0 Å². The minimum absolute atomic E-state index is 0.830. The van der Waals surface area contributed by atoms with E-state index in [0.717, 1.165) is 35.3 Å². The number of aryl methyl sites for hydroxylation is 1. The van der Waals surface area contributed by atoms with Crippen molar-refractivity contribution in [1.82, 2.24) is 24.7 Å². The van der Waals surface area contributed by atoms with Crippen molar-refractivity contribution in [3.63, 3.8) is 0 Å². The number of nitrogens with one attached hydrogen (secondary N) is 1. The molecule has 3 rings (SSSR count). The van der Waals surface area contributed by atoms with Gasteiger partial charge in [0.2, 0.25) is 5.13 Å². The molecule has 20 heavy (non-hydrogen) atoms. The summed E-state index contributed by atoms with van der Waals surface area (Å²) >= 11 is 1.52. The molecule has 0 aliphatic rings. The number of pyridine rings is 1. The fourth-order valence-electron chi connectivity index (χ4n) is 1.76. The molecule has 0 saturated heterocycles. The Balaban J connectivity index is 1.50. The van der Waals surface area contributed by atoms with E-state index in [1.807, 2.05) is 30.7 Å². The van der Waals surface area contributed by atoms with Crippen LogP contribution in [0.4, 0.5) is 5.13 Å². The third-order valence-electron chi connectivity index (χ3n) is 2.74. The maximum atomic E-state index is 4.26. The van der Waals surface area contributed by atoms with Crippen molar-refractivity contribution in [2.45, 2.75) is 13.0 Å². The van der Waals surface area contributed by atoms with E-state index in [1.54, 1.807) is 12.4 Å². The second-order valence-electron chi connectivity index (χ2n) is 4.21. The standard InChI is InChI=1S/C13H14N6S/c1-2-5-15-11(4-1)12-17-18-13(20-12)16-6-3-8-19-9-7-14-10-19/h1-2,4-5,7,9-10H,3,6,8H2,(H,16,18). The van der Waals surface area contributed by atoms with Gasteiger partial charge >= 0.3 is 0 Å². The first kappa shape index (κ1) is 12.7. The summed E-state index contributed by atoms with van der Waals surface area (Å²) in [7, 11) is 0. The topological polar surface area (TPSA) is 68.5 Å². The predicted molar refractivity (Wildman–Crippen MR) is 78.5 cm³/mol. The molecule has 0 spiro atoms. The van der Waals surface area contributed by atoms with Gasteiger partial charge in [0.1, 0.15) is 5.69 Å². The third kappa shape index (κ3) is 3.18. The maximum Gasteiger partial charge on any atom is 0.206 e. The summed E-state index contributed by atoms with van der Waals surface area (Å²) in [6, 6.07) is 5.77. The van der Waals surface area contributed by atoms with Gasteiger partial charge in [-0.2, -0.15) is 0 Å². The Morgan fingerprint density at radius 2 is 2.20 bits per heavy atom. The van der Waals surface area contributed by atoms with Gasteiger partial charge in [-0.3, -0.25) is 4.98 Å². The van der Waals surface area contributed by atoms with Crippen LogP contribution in [0.15, 0.2) is 43.1 Å². The van der Waals surface area contributed by atoms with Gasteiger partial charge in [-0.15, -0.1) is 10.2 Å². The number of hydrogen-bond acceptors (Lipinski definition) is 6. The second kappa shape index (κ2) is 6.25. The van der Waals surface area contributed by atoms with E-state index in [9.17, 15) is 0 Å². The van der Waals surface area contributed by atoms with Crippen LogP contribution in [-0.4, -0.2) is 31.3 Å². The van der Waals surface area contributed by atoms with Crippen LogP contribution >= 0.6 is 11.3 Å². The van der Waals surface area contributed by atoms with Gasteiger partial charge in [-0.25, -0.2) is 4.98 Å². The van der Waals surface area contributed by atoms with Crippen LogP contribution in [0.5, 0.6) is 0 Å². The van der Waals surface area contributed by atoms with E-state index >= 15 is 0 Å². The van der Waals surface area contributed by atoms with E-state index < -0.39 is 0 Å². The highest BCUT2D eigenvalue weighted by Gasteiger charge is 2.06. The Kier molecular flexibility index (Phi) is 3.98. The van der Waals surface area contributed by atoms with Crippen LogP contribution in [-0.2, 0) is 6.54 Å². The molecule has 0 saturated carbocycles. The third-order valence-corrected chi connectivity index (χ3v) is 3.64. The molecule has 1 N–H and O–H groups in total. The van der Waals surface area contributed by atoms with Crippen molar-refractivity contribution < 1.29 is 0 Å². The molecular weight excluding hydrogens is 272 g/mol. The molecule has 0 amide bonds. The van der Waals surface area contributed by atoms with Crippen LogP contribution in [0.2, 0.25) is 0 Å². The lowest BCUT2D eigenvalue weighted by molar-refractivity contribution is 0.660. The molecule has 0 atom stereocenters. The molecule has 102 valence electrons. The second-order valence-corrected chi connectivity index (χ2v) is 5.19.